The van der Waals surface area contributed by atoms with E-state index in [-0.39, 0.29) is 0 Å². The molecule has 0 spiro atoms. The molecule has 0 aliphatic carbocycles. The predicted molar refractivity (Wildman–Crippen MR) is 112 cm³/mol. The summed E-state index contributed by atoms with van der Waals surface area (Å²) in [5.41, 5.74) is 0. The largest absolute Gasteiger partial charge is 0.370 e. The molecule has 1 heteroatoms. The van der Waals surface area contributed by atoms with Crippen LogP contribution < -0.4 is 0 Å². The van der Waals surface area contributed by atoms with E-state index in [1.165, 1.54) is 116 Å². The summed E-state index contributed by atoms with van der Waals surface area (Å²) in [6.07, 6.45) is 26.7. The number of hydrogen-bond acceptors (Lipinski definition) is 1. The van der Waals surface area contributed by atoms with Crippen LogP contribution in [0, 0.1) is 5.92 Å². The van der Waals surface area contributed by atoms with E-state index in [2.05, 4.69) is 20.8 Å². The molecule has 0 radical (unpaired) electrons. The molecule has 3 atom stereocenters. The summed E-state index contributed by atoms with van der Waals surface area (Å²) < 4.78 is 5.87. The average molecular weight is 353 g/mol. The average Bonchev–Trinajstić information content (AvgIpc) is 3.35. The van der Waals surface area contributed by atoms with Gasteiger partial charge >= 0.3 is 0 Å². The van der Waals surface area contributed by atoms with E-state index in [9.17, 15) is 0 Å². The van der Waals surface area contributed by atoms with Crippen molar-refractivity contribution in [1.82, 2.24) is 0 Å². The van der Waals surface area contributed by atoms with Crippen LogP contribution in [0.1, 0.15) is 136 Å². The van der Waals surface area contributed by atoms with Gasteiger partial charge in [0.1, 0.15) is 0 Å². The Morgan fingerprint density at radius 3 is 1.60 bits per heavy atom. The van der Waals surface area contributed by atoms with Crippen molar-refractivity contribution in [1.29, 1.82) is 0 Å². The summed E-state index contributed by atoms with van der Waals surface area (Å²) >= 11 is 0. The van der Waals surface area contributed by atoms with E-state index in [4.69, 9.17) is 4.74 Å². The molecule has 1 fully saturated rings. The molecule has 1 saturated heterocycles. The van der Waals surface area contributed by atoms with Crippen LogP contribution in [0.5, 0.6) is 0 Å². The zero-order chi connectivity index (χ0) is 18.2. The van der Waals surface area contributed by atoms with Crippen molar-refractivity contribution in [3.8, 4) is 0 Å². The lowest BCUT2D eigenvalue weighted by Crippen LogP contribution is -1.99. The zero-order valence-electron chi connectivity index (χ0n) is 17.9. The fourth-order valence-electron chi connectivity index (χ4n) is 4.07. The SMILES string of the molecule is CCCCCCCCCC(C)CCCC1OC1CCCCCCCC. The summed E-state index contributed by atoms with van der Waals surface area (Å²) in [5, 5.41) is 0. The van der Waals surface area contributed by atoms with Gasteiger partial charge in [0, 0.05) is 0 Å². The maximum Gasteiger partial charge on any atom is 0.0841 e. The summed E-state index contributed by atoms with van der Waals surface area (Å²) in [6.45, 7) is 7.04. The Balaban J connectivity index is 1.80. The van der Waals surface area contributed by atoms with E-state index in [0.29, 0.717) is 12.2 Å². The van der Waals surface area contributed by atoms with Gasteiger partial charge in [-0.2, -0.15) is 0 Å². The molecule has 150 valence electrons. The lowest BCUT2D eigenvalue weighted by atomic mass is 9.95. The van der Waals surface area contributed by atoms with Crippen LogP contribution in [-0.2, 0) is 4.74 Å². The zero-order valence-corrected chi connectivity index (χ0v) is 17.9. The molecule has 0 amide bonds. The highest BCUT2D eigenvalue weighted by Gasteiger charge is 2.36. The first-order valence-corrected chi connectivity index (χ1v) is 11.9. The van der Waals surface area contributed by atoms with Crippen LogP contribution in [0.4, 0.5) is 0 Å². The summed E-state index contributed by atoms with van der Waals surface area (Å²) in [6, 6.07) is 0. The molecule has 1 rings (SSSR count). The van der Waals surface area contributed by atoms with Gasteiger partial charge in [-0.25, -0.2) is 0 Å². The van der Waals surface area contributed by atoms with Gasteiger partial charge in [0.2, 0.25) is 0 Å². The summed E-state index contributed by atoms with van der Waals surface area (Å²) in [7, 11) is 0. The first-order valence-electron chi connectivity index (χ1n) is 11.9. The van der Waals surface area contributed by atoms with Crippen molar-refractivity contribution in [2.24, 2.45) is 5.92 Å². The van der Waals surface area contributed by atoms with Crippen molar-refractivity contribution in [2.75, 3.05) is 0 Å². The maximum absolute atomic E-state index is 5.87. The van der Waals surface area contributed by atoms with Crippen LogP contribution in [0.15, 0.2) is 0 Å². The fraction of sp³-hybridized carbons (Fsp3) is 1.00. The van der Waals surface area contributed by atoms with Crippen LogP contribution >= 0.6 is 0 Å². The first-order chi connectivity index (χ1) is 12.3. The quantitative estimate of drug-likeness (QED) is 0.168. The topological polar surface area (TPSA) is 12.5 Å². The van der Waals surface area contributed by atoms with Crippen LogP contribution in [0.25, 0.3) is 0 Å². The summed E-state index contributed by atoms with van der Waals surface area (Å²) in [5.74, 6) is 0.923. The highest BCUT2D eigenvalue weighted by Crippen LogP contribution is 2.32. The number of unbranched alkanes of at least 4 members (excludes halogenated alkanes) is 11. The van der Waals surface area contributed by atoms with Gasteiger partial charge in [0.15, 0.2) is 0 Å². The third-order valence-corrected chi connectivity index (χ3v) is 6.02. The van der Waals surface area contributed by atoms with Gasteiger partial charge in [-0.15, -0.1) is 0 Å². The molecule has 25 heavy (non-hydrogen) atoms. The lowest BCUT2D eigenvalue weighted by molar-refractivity contribution is 0.342. The van der Waals surface area contributed by atoms with Crippen LogP contribution in [0.2, 0.25) is 0 Å². The number of hydrogen-bond donors (Lipinski definition) is 0. The third kappa shape index (κ3) is 13.8. The van der Waals surface area contributed by atoms with Crippen molar-refractivity contribution >= 4 is 0 Å². The second-order valence-electron chi connectivity index (χ2n) is 8.72. The predicted octanol–water partition coefficient (Wildman–Crippen LogP) is 8.45. The van der Waals surface area contributed by atoms with E-state index >= 15 is 0 Å². The van der Waals surface area contributed by atoms with Gasteiger partial charge in [-0.1, -0.05) is 124 Å². The second kappa shape index (κ2) is 16.2. The Labute approximate surface area is 159 Å². The highest BCUT2D eigenvalue weighted by molar-refractivity contribution is 4.84. The van der Waals surface area contributed by atoms with Gasteiger partial charge in [-0.05, 0) is 18.8 Å². The lowest BCUT2D eigenvalue weighted by Gasteiger charge is -2.10. The monoisotopic (exact) mass is 352 g/mol. The molecule has 0 N–H and O–H groups in total. The molecule has 1 aliphatic heterocycles. The molecule has 1 nitrogen and oxygen atoms in total. The highest BCUT2D eigenvalue weighted by atomic mass is 16.6. The van der Waals surface area contributed by atoms with Gasteiger partial charge in [0.25, 0.3) is 0 Å². The minimum atomic E-state index is 0.626. The van der Waals surface area contributed by atoms with Gasteiger partial charge in [-0.3, -0.25) is 0 Å². The van der Waals surface area contributed by atoms with Crippen molar-refractivity contribution in [3.05, 3.63) is 0 Å². The first kappa shape index (κ1) is 23.0. The Kier molecular flexibility index (Phi) is 14.9. The summed E-state index contributed by atoms with van der Waals surface area (Å²) in [4.78, 5) is 0. The van der Waals surface area contributed by atoms with E-state index in [0.717, 1.165) is 5.92 Å². The Morgan fingerprint density at radius 1 is 0.560 bits per heavy atom. The molecule has 1 heterocycles. The molecule has 0 aromatic heterocycles. The van der Waals surface area contributed by atoms with Crippen molar-refractivity contribution in [2.45, 2.75) is 149 Å². The second-order valence-corrected chi connectivity index (χ2v) is 8.72. The molecule has 0 saturated carbocycles. The molecule has 0 bridgehead atoms. The number of ether oxygens (including phenoxy) is 1. The standard InChI is InChI=1S/C24H48O/c1-4-6-8-10-12-13-15-18-22(3)19-17-21-24-23(25-24)20-16-14-11-9-7-5-2/h22-24H,4-21H2,1-3H3. The van der Waals surface area contributed by atoms with Crippen molar-refractivity contribution < 1.29 is 4.74 Å². The van der Waals surface area contributed by atoms with Gasteiger partial charge < -0.3 is 4.74 Å². The molecular weight excluding hydrogens is 304 g/mol. The molecule has 1 aliphatic rings. The fourth-order valence-corrected chi connectivity index (χ4v) is 4.07. The van der Waals surface area contributed by atoms with E-state index in [1.807, 2.05) is 0 Å². The van der Waals surface area contributed by atoms with Crippen molar-refractivity contribution in [3.63, 3.8) is 0 Å². The van der Waals surface area contributed by atoms with Crippen LogP contribution in [0.3, 0.4) is 0 Å². The molecular formula is C24H48O. The van der Waals surface area contributed by atoms with E-state index in [1.54, 1.807) is 0 Å². The number of epoxide rings is 1. The van der Waals surface area contributed by atoms with Gasteiger partial charge in [0.05, 0.1) is 12.2 Å². The smallest absolute Gasteiger partial charge is 0.0841 e. The molecule has 0 aromatic carbocycles. The molecule has 3 unspecified atom stereocenters. The Hall–Kier alpha value is -0.0400. The maximum atomic E-state index is 5.87. The Morgan fingerprint density at radius 2 is 1.00 bits per heavy atom. The number of rotatable bonds is 19. The molecule has 0 aromatic rings. The Bertz CT molecular complexity index is 273. The minimum absolute atomic E-state index is 0.626. The van der Waals surface area contributed by atoms with Crippen LogP contribution in [-0.4, -0.2) is 12.2 Å². The third-order valence-electron chi connectivity index (χ3n) is 6.02. The van der Waals surface area contributed by atoms with E-state index < -0.39 is 0 Å². The minimum Gasteiger partial charge on any atom is -0.370 e. The normalized spacial score (nSPS) is 20.8.